The molecule has 2 aromatic rings. The summed E-state index contributed by atoms with van der Waals surface area (Å²) >= 11 is 6.00. The Morgan fingerprint density at radius 3 is 2.33 bits per heavy atom. The van der Waals surface area contributed by atoms with Gasteiger partial charge in [0, 0.05) is 18.1 Å². The highest BCUT2D eigenvalue weighted by Gasteiger charge is 2.36. The van der Waals surface area contributed by atoms with E-state index in [1.54, 1.807) is 22.8 Å². The van der Waals surface area contributed by atoms with Crippen LogP contribution in [-0.2, 0) is 27.5 Å². The number of carbonyl (C=O) groups excluding carboxylic acids is 2. The molecule has 0 unspecified atom stereocenters. The largest absolute Gasteiger partial charge is 0.483 e. The zero-order chi connectivity index (χ0) is 19.8. The van der Waals surface area contributed by atoms with Gasteiger partial charge in [0.25, 0.3) is 6.47 Å². The molecule has 3 rings (SSSR count). The van der Waals surface area contributed by atoms with Crippen LogP contribution in [0.2, 0.25) is 5.02 Å². The summed E-state index contributed by atoms with van der Waals surface area (Å²) in [4.78, 5) is 36.8. The molecule has 1 aliphatic rings. The number of halogens is 1. The fourth-order valence-corrected chi connectivity index (χ4v) is 3.15. The fraction of sp³-hybridized carbons (Fsp3) is 0.250. The lowest BCUT2D eigenvalue weighted by atomic mass is 10.1. The summed E-state index contributed by atoms with van der Waals surface area (Å²) in [5.41, 5.74) is 1.95. The molecule has 2 amide bonds. The molecule has 1 fully saturated rings. The first kappa shape index (κ1) is 20.5. The Bertz CT molecular complexity index is 798. The zero-order valence-electron chi connectivity index (χ0n) is 14.9. The van der Waals surface area contributed by atoms with E-state index in [4.69, 9.17) is 21.5 Å². The average Bonchev–Trinajstić information content (AvgIpc) is 2.65. The van der Waals surface area contributed by atoms with Crippen molar-refractivity contribution in [1.29, 1.82) is 0 Å². The van der Waals surface area contributed by atoms with Crippen LogP contribution in [0.15, 0.2) is 54.6 Å². The van der Waals surface area contributed by atoms with E-state index in [1.165, 1.54) is 0 Å². The molecule has 0 spiro atoms. The van der Waals surface area contributed by atoms with E-state index < -0.39 is 6.04 Å². The molecular weight excluding hydrogens is 368 g/mol. The maximum absolute atomic E-state index is 12.6. The summed E-state index contributed by atoms with van der Waals surface area (Å²) in [5, 5.41) is 7.52. The van der Waals surface area contributed by atoms with Crippen LogP contribution in [0, 0.1) is 0 Å². The third-order valence-corrected chi connectivity index (χ3v) is 4.48. The van der Waals surface area contributed by atoms with Gasteiger partial charge in [-0.05, 0) is 30.2 Å². The SMILES string of the molecule is C[C@H]1C(=O)N(Cc2ccccc2)CC(=O)N1Cc1cccc(Cl)c1.O=CO. The number of benzene rings is 2. The van der Waals surface area contributed by atoms with Gasteiger partial charge in [-0.2, -0.15) is 0 Å². The third kappa shape index (κ3) is 5.56. The van der Waals surface area contributed by atoms with Crippen molar-refractivity contribution in [3.63, 3.8) is 0 Å². The van der Waals surface area contributed by atoms with Gasteiger partial charge < -0.3 is 14.9 Å². The average molecular weight is 389 g/mol. The molecule has 0 aromatic heterocycles. The van der Waals surface area contributed by atoms with Crippen molar-refractivity contribution in [3.8, 4) is 0 Å². The number of hydrogen-bond acceptors (Lipinski definition) is 3. The van der Waals surface area contributed by atoms with Gasteiger partial charge in [0.15, 0.2) is 0 Å². The molecular formula is C20H21ClN2O4. The molecule has 1 atom stereocenters. The summed E-state index contributed by atoms with van der Waals surface area (Å²) in [6.07, 6.45) is 0. The van der Waals surface area contributed by atoms with Gasteiger partial charge in [0.1, 0.15) is 12.6 Å². The van der Waals surface area contributed by atoms with Gasteiger partial charge in [-0.15, -0.1) is 0 Å². The summed E-state index contributed by atoms with van der Waals surface area (Å²) in [7, 11) is 0. The topological polar surface area (TPSA) is 77.9 Å². The Labute approximate surface area is 163 Å². The van der Waals surface area contributed by atoms with Crippen molar-refractivity contribution in [2.75, 3.05) is 6.54 Å². The molecule has 142 valence electrons. The molecule has 0 radical (unpaired) electrons. The van der Waals surface area contributed by atoms with Crippen LogP contribution in [0.5, 0.6) is 0 Å². The van der Waals surface area contributed by atoms with Crippen molar-refractivity contribution in [3.05, 3.63) is 70.7 Å². The van der Waals surface area contributed by atoms with Crippen LogP contribution in [-0.4, -0.2) is 45.8 Å². The summed E-state index contributed by atoms with van der Waals surface area (Å²) < 4.78 is 0. The van der Waals surface area contributed by atoms with Gasteiger partial charge in [0.05, 0.1) is 0 Å². The van der Waals surface area contributed by atoms with Crippen LogP contribution >= 0.6 is 11.6 Å². The van der Waals surface area contributed by atoms with Gasteiger partial charge in [-0.25, -0.2) is 0 Å². The molecule has 1 heterocycles. The number of amides is 2. The second-order valence-electron chi connectivity index (χ2n) is 6.11. The molecule has 2 aromatic carbocycles. The Morgan fingerprint density at radius 2 is 1.70 bits per heavy atom. The van der Waals surface area contributed by atoms with E-state index in [0.29, 0.717) is 18.1 Å². The van der Waals surface area contributed by atoms with Crippen LogP contribution in [0.4, 0.5) is 0 Å². The summed E-state index contributed by atoms with van der Waals surface area (Å²) in [6, 6.07) is 16.6. The van der Waals surface area contributed by atoms with Crippen molar-refractivity contribution >= 4 is 29.9 Å². The van der Waals surface area contributed by atoms with E-state index in [0.717, 1.165) is 11.1 Å². The molecule has 1 N–H and O–H groups in total. The van der Waals surface area contributed by atoms with Crippen molar-refractivity contribution < 1.29 is 19.5 Å². The highest BCUT2D eigenvalue weighted by Crippen LogP contribution is 2.19. The van der Waals surface area contributed by atoms with E-state index in [1.807, 2.05) is 48.5 Å². The molecule has 0 aliphatic carbocycles. The van der Waals surface area contributed by atoms with Gasteiger partial charge in [-0.3, -0.25) is 14.4 Å². The molecule has 1 aliphatic heterocycles. The monoisotopic (exact) mass is 388 g/mol. The van der Waals surface area contributed by atoms with Crippen LogP contribution in [0.1, 0.15) is 18.1 Å². The van der Waals surface area contributed by atoms with Crippen molar-refractivity contribution in [1.82, 2.24) is 9.80 Å². The maximum Gasteiger partial charge on any atom is 0.290 e. The predicted octanol–water partition coefficient (Wildman–Crippen LogP) is 2.80. The minimum Gasteiger partial charge on any atom is -0.483 e. The first-order chi connectivity index (χ1) is 13.0. The van der Waals surface area contributed by atoms with Crippen molar-refractivity contribution in [2.45, 2.75) is 26.1 Å². The fourth-order valence-electron chi connectivity index (χ4n) is 2.94. The Balaban J connectivity index is 0.000000817. The second kappa shape index (κ2) is 9.73. The lowest BCUT2D eigenvalue weighted by Crippen LogP contribution is -2.57. The first-order valence-electron chi connectivity index (χ1n) is 8.40. The minimum atomic E-state index is -0.478. The Hall–Kier alpha value is -2.86. The number of carboxylic acid groups (broad SMARTS) is 1. The zero-order valence-corrected chi connectivity index (χ0v) is 15.7. The van der Waals surface area contributed by atoms with Gasteiger partial charge >= 0.3 is 0 Å². The number of carbonyl (C=O) groups is 3. The Kier molecular flexibility index (Phi) is 7.37. The van der Waals surface area contributed by atoms with Crippen LogP contribution < -0.4 is 0 Å². The minimum absolute atomic E-state index is 0.0273. The smallest absolute Gasteiger partial charge is 0.290 e. The van der Waals surface area contributed by atoms with Crippen molar-refractivity contribution in [2.24, 2.45) is 0 Å². The summed E-state index contributed by atoms with van der Waals surface area (Å²) in [6.45, 7) is 2.49. The van der Waals surface area contributed by atoms with E-state index >= 15 is 0 Å². The summed E-state index contributed by atoms with van der Waals surface area (Å²) in [5.74, 6) is -0.0708. The normalized spacial score (nSPS) is 16.6. The molecule has 1 saturated heterocycles. The van der Waals surface area contributed by atoms with Crippen LogP contribution in [0.25, 0.3) is 0 Å². The van der Waals surface area contributed by atoms with Gasteiger partial charge in [0.2, 0.25) is 11.8 Å². The maximum atomic E-state index is 12.6. The number of piperazine rings is 1. The van der Waals surface area contributed by atoms with E-state index in [2.05, 4.69) is 0 Å². The van der Waals surface area contributed by atoms with Gasteiger partial charge in [-0.1, -0.05) is 54.1 Å². The third-order valence-electron chi connectivity index (χ3n) is 4.24. The standard InChI is InChI=1S/C19H19ClN2O2.CH2O2/c1-14-19(24)21(11-15-6-3-2-4-7-15)13-18(23)22(14)12-16-8-5-9-17(20)10-16;2-1-3/h2-10,14H,11-13H2,1H3;1H,(H,2,3)/t14-;/m0./s1. The lowest BCUT2D eigenvalue weighted by Gasteiger charge is -2.38. The number of hydrogen-bond donors (Lipinski definition) is 1. The first-order valence-corrected chi connectivity index (χ1v) is 8.78. The van der Waals surface area contributed by atoms with Crippen LogP contribution in [0.3, 0.4) is 0 Å². The van der Waals surface area contributed by atoms with E-state index in [-0.39, 0.29) is 24.8 Å². The molecule has 6 nitrogen and oxygen atoms in total. The number of rotatable bonds is 4. The highest BCUT2D eigenvalue weighted by molar-refractivity contribution is 6.30. The molecule has 7 heteroatoms. The lowest BCUT2D eigenvalue weighted by molar-refractivity contribution is -0.156. The highest BCUT2D eigenvalue weighted by atomic mass is 35.5. The second-order valence-corrected chi connectivity index (χ2v) is 6.55. The molecule has 27 heavy (non-hydrogen) atoms. The van der Waals surface area contributed by atoms with E-state index in [9.17, 15) is 9.59 Å². The molecule has 0 bridgehead atoms. The molecule has 0 saturated carbocycles. The Morgan fingerprint density at radius 1 is 1.07 bits per heavy atom. The predicted molar refractivity (Wildman–Crippen MR) is 102 cm³/mol. The quantitative estimate of drug-likeness (QED) is 0.817. The number of nitrogens with zero attached hydrogens (tertiary/aromatic N) is 2.